The minimum absolute atomic E-state index is 0.0838. The van der Waals surface area contributed by atoms with Crippen molar-refractivity contribution >= 4 is 46.6 Å². The van der Waals surface area contributed by atoms with Crippen molar-refractivity contribution in [2.75, 3.05) is 22.5 Å². The Morgan fingerprint density at radius 2 is 2.00 bits per heavy atom. The summed E-state index contributed by atoms with van der Waals surface area (Å²) in [5.74, 6) is 0.305. The van der Waals surface area contributed by atoms with Gasteiger partial charge in [-0.2, -0.15) is 5.26 Å². The molecule has 0 aliphatic rings. The maximum atomic E-state index is 11.9. The van der Waals surface area contributed by atoms with Crippen LogP contribution in [0, 0.1) is 11.3 Å². The van der Waals surface area contributed by atoms with Gasteiger partial charge in [-0.15, -0.1) is 0 Å². The van der Waals surface area contributed by atoms with Crippen LogP contribution in [0.2, 0.25) is 5.02 Å². The fourth-order valence-corrected chi connectivity index (χ4v) is 2.43. The van der Waals surface area contributed by atoms with E-state index >= 15 is 0 Å². The van der Waals surface area contributed by atoms with Crippen molar-refractivity contribution in [2.45, 2.75) is 5.16 Å². The highest BCUT2D eigenvalue weighted by atomic mass is 35.5. The summed E-state index contributed by atoms with van der Waals surface area (Å²) in [5, 5.41) is 12.1. The molecule has 22 heavy (non-hydrogen) atoms. The average Bonchev–Trinajstić information content (AvgIpc) is 2.44. The molecule has 7 nitrogen and oxygen atoms in total. The Morgan fingerprint density at radius 3 is 2.59 bits per heavy atom. The van der Waals surface area contributed by atoms with Crippen LogP contribution in [0.1, 0.15) is 5.56 Å². The van der Waals surface area contributed by atoms with Gasteiger partial charge in [-0.3, -0.25) is 4.79 Å². The smallest absolute Gasteiger partial charge is 0.234 e. The van der Waals surface area contributed by atoms with Gasteiger partial charge in [-0.1, -0.05) is 23.4 Å². The molecule has 0 radical (unpaired) electrons. The fraction of sp³-hybridized carbons (Fsp3) is 0.0769. The largest absolute Gasteiger partial charge is 0.383 e. The van der Waals surface area contributed by atoms with E-state index in [0.29, 0.717) is 16.4 Å². The topological polar surface area (TPSA) is 131 Å². The molecule has 0 unspecified atom stereocenters. The van der Waals surface area contributed by atoms with Crippen LogP contribution in [0.5, 0.6) is 0 Å². The van der Waals surface area contributed by atoms with Crippen LogP contribution in [0.15, 0.2) is 29.4 Å². The summed E-state index contributed by atoms with van der Waals surface area (Å²) in [6, 6.07) is 8.02. The molecule has 0 atom stereocenters. The van der Waals surface area contributed by atoms with Gasteiger partial charge < -0.3 is 16.8 Å². The van der Waals surface area contributed by atoms with E-state index in [0.717, 1.165) is 11.8 Å². The zero-order valence-electron chi connectivity index (χ0n) is 11.2. The first-order valence-electron chi connectivity index (χ1n) is 6.00. The SMILES string of the molecule is N#Cc1ccc(NC(=O)CSc2nc(N)cc(N)n2)cc1Cl. The van der Waals surface area contributed by atoms with E-state index in [1.54, 1.807) is 6.07 Å². The van der Waals surface area contributed by atoms with E-state index in [1.165, 1.54) is 18.2 Å². The lowest BCUT2D eigenvalue weighted by molar-refractivity contribution is -0.113. The van der Waals surface area contributed by atoms with Crippen LogP contribution < -0.4 is 16.8 Å². The number of benzene rings is 1. The number of nitrogens with zero attached hydrogens (tertiary/aromatic N) is 3. The van der Waals surface area contributed by atoms with Gasteiger partial charge in [0.2, 0.25) is 5.91 Å². The van der Waals surface area contributed by atoms with Gasteiger partial charge in [-0.25, -0.2) is 9.97 Å². The number of carbonyl (C=O) groups excluding carboxylic acids is 1. The van der Waals surface area contributed by atoms with Gasteiger partial charge in [0, 0.05) is 11.8 Å². The number of nitrogen functional groups attached to an aromatic ring is 2. The molecule has 2 rings (SSSR count). The molecule has 0 saturated heterocycles. The summed E-state index contributed by atoms with van der Waals surface area (Å²) in [7, 11) is 0. The van der Waals surface area contributed by atoms with Crippen LogP contribution in [0.4, 0.5) is 17.3 Å². The highest BCUT2D eigenvalue weighted by Gasteiger charge is 2.08. The van der Waals surface area contributed by atoms with Crippen LogP contribution >= 0.6 is 23.4 Å². The molecule has 0 saturated carbocycles. The summed E-state index contributed by atoms with van der Waals surface area (Å²) < 4.78 is 0. The quantitative estimate of drug-likeness (QED) is 0.574. The van der Waals surface area contributed by atoms with Gasteiger partial charge in [0.25, 0.3) is 0 Å². The second-order valence-corrected chi connectivity index (χ2v) is 5.49. The number of rotatable bonds is 4. The van der Waals surface area contributed by atoms with Crippen LogP contribution in [0.3, 0.4) is 0 Å². The average molecular weight is 335 g/mol. The van der Waals surface area contributed by atoms with E-state index < -0.39 is 0 Å². The van der Waals surface area contributed by atoms with Crippen LogP contribution in [0.25, 0.3) is 0 Å². The molecule has 112 valence electrons. The standard InChI is InChI=1S/C13H11ClN6OS/c14-9-3-8(2-1-7(9)5-15)18-12(21)6-22-13-19-10(16)4-11(17)20-13/h1-4H,6H2,(H,18,21)(H4,16,17,19,20). The van der Waals surface area contributed by atoms with Gasteiger partial charge in [-0.05, 0) is 18.2 Å². The molecule has 1 aromatic carbocycles. The zero-order valence-corrected chi connectivity index (χ0v) is 12.8. The predicted octanol–water partition coefficient (Wildman–Crippen LogP) is 1.90. The van der Waals surface area contributed by atoms with Crippen molar-refractivity contribution in [3.8, 4) is 6.07 Å². The fourth-order valence-electron chi connectivity index (χ4n) is 1.54. The highest BCUT2D eigenvalue weighted by Crippen LogP contribution is 2.21. The Hall–Kier alpha value is -2.50. The van der Waals surface area contributed by atoms with Crippen LogP contribution in [-0.2, 0) is 4.79 Å². The number of anilines is 3. The lowest BCUT2D eigenvalue weighted by Crippen LogP contribution is -2.14. The molecule has 0 spiro atoms. The van der Waals surface area contributed by atoms with Crippen LogP contribution in [-0.4, -0.2) is 21.6 Å². The molecule has 0 fully saturated rings. The number of thioether (sulfide) groups is 1. The van der Waals surface area contributed by atoms with E-state index in [9.17, 15) is 4.79 Å². The van der Waals surface area contributed by atoms with Gasteiger partial charge in [0.1, 0.15) is 17.7 Å². The third-order valence-corrected chi connectivity index (χ3v) is 3.61. The number of aromatic nitrogens is 2. The molecule has 1 heterocycles. The van der Waals surface area contributed by atoms with E-state index in [1.807, 2.05) is 6.07 Å². The molecule has 9 heteroatoms. The number of nitriles is 1. The Balaban J connectivity index is 1.96. The van der Waals surface area contributed by atoms with Gasteiger partial charge >= 0.3 is 0 Å². The third kappa shape index (κ3) is 4.25. The lowest BCUT2D eigenvalue weighted by atomic mass is 10.2. The zero-order chi connectivity index (χ0) is 16.1. The number of carbonyl (C=O) groups is 1. The summed E-state index contributed by atoms with van der Waals surface area (Å²) >= 11 is 7.00. The van der Waals surface area contributed by atoms with E-state index in [-0.39, 0.29) is 28.3 Å². The van der Waals surface area contributed by atoms with E-state index in [2.05, 4.69) is 15.3 Å². The number of halogens is 1. The Kier molecular flexibility index (Phi) is 5.04. The Bertz CT molecular complexity index is 740. The molecule has 0 aliphatic heterocycles. The van der Waals surface area contributed by atoms with Crippen molar-refractivity contribution in [2.24, 2.45) is 0 Å². The molecule has 5 N–H and O–H groups in total. The minimum Gasteiger partial charge on any atom is -0.383 e. The molecule has 0 aliphatic carbocycles. The predicted molar refractivity (Wildman–Crippen MR) is 86.4 cm³/mol. The highest BCUT2D eigenvalue weighted by molar-refractivity contribution is 7.99. The second kappa shape index (κ2) is 6.98. The number of hydrogen-bond donors (Lipinski definition) is 3. The Morgan fingerprint density at radius 1 is 1.32 bits per heavy atom. The van der Waals surface area contributed by atoms with Gasteiger partial charge in [0.15, 0.2) is 5.16 Å². The monoisotopic (exact) mass is 334 g/mol. The number of amides is 1. The first-order valence-corrected chi connectivity index (χ1v) is 7.36. The first-order chi connectivity index (χ1) is 10.5. The second-order valence-electron chi connectivity index (χ2n) is 4.14. The number of hydrogen-bond acceptors (Lipinski definition) is 7. The normalized spacial score (nSPS) is 10.0. The minimum atomic E-state index is -0.268. The summed E-state index contributed by atoms with van der Waals surface area (Å²) in [4.78, 5) is 19.8. The summed E-state index contributed by atoms with van der Waals surface area (Å²) in [6.07, 6.45) is 0. The maximum absolute atomic E-state index is 11.9. The maximum Gasteiger partial charge on any atom is 0.234 e. The van der Waals surface area contributed by atoms with Crippen molar-refractivity contribution in [1.29, 1.82) is 5.26 Å². The molecule has 2 aromatic rings. The van der Waals surface area contributed by atoms with Crippen molar-refractivity contribution in [3.05, 3.63) is 34.9 Å². The van der Waals surface area contributed by atoms with Crippen molar-refractivity contribution in [1.82, 2.24) is 9.97 Å². The summed E-state index contributed by atoms with van der Waals surface area (Å²) in [6.45, 7) is 0. The first kappa shape index (κ1) is 15.9. The van der Waals surface area contributed by atoms with Crippen molar-refractivity contribution < 1.29 is 4.79 Å². The van der Waals surface area contributed by atoms with Crippen molar-refractivity contribution in [3.63, 3.8) is 0 Å². The Labute approximate surface area is 135 Å². The van der Waals surface area contributed by atoms with E-state index in [4.69, 9.17) is 28.3 Å². The van der Waals surface area contributed by atoms with Gasteiger partial charge in [0.05, 0.1) is 16.3 Å². The molecular formula is C13H11ClN6OS. The third-order valence-electron chi connectivity index (χ3n) is 2.45. The molecule has 1 amide bonds. The lowest BCUT2D eigenvalue weighted by Gasteiger charge is -2.06. The molecule has 1 aromatic heterocycles. The number of nitrogens with two attached hydrogens (primary N) is 2. The number of nitrogens with one attached hydrogen (secondary N) is 1. The molecule has 0 bridgehead atoms. The molecular weight excluding hydrogens is 324 g/mol. The summed E-state index contributed by atoms with van der Waals surface area (Å²) in [5.41, 5.74) is 11.9.